The summed E-state index contributed by atoms with van der Waals surface area (Å²) in [5.41, 5.74) is 1.05. The number of rotatable bonds is 5. The van der Waals surface area contributed by atoms with Crippen molar-refractivity contribution in [1.29, 1.82) is 0 Å². The van der Waals surface area contributed by atoms with E-state index in [4.69, 9.17) is 9.47 Å². The van der Waals surface area contributed by atoms with Crippen LogP contribution in [0.15, 0.2) is 24.3 Å². The van der Waals surface area contributed by atoms with Crippen molar-refractivity contribution in [3.63, 3.8) is 0 Å². The van der Waals surface area contributed by atoms with Crippen LogP contribution in [0.25, 0.3) is 0 Å². The molecule has 0 saturated carbocycles. The van der Waals surface area contributed by atoms with Crippen molar-refractivity contribution in [2.24, 2.45) is 5.41 Å². The summed E-state index contributed by atoms with van der Waals surface area (Å²) in [6, 6.07) is 8.02. The number of carbonyl (C=O) groups excluding carboxylic acids is 1. The zero-order valence-electron chi connectivity index (χ0n) is 17.0. The Kier molecular flexibility index (Phi) is 9.09. The van der Waals surface area contributed by atoms with Gasteiger partial charge in [-0.05, 0) is 56.2 Å². The SMILES string of the molecule is CC.CCC(c1ccc(OCC(=O)OC(C)(C)C)cc1)C(C)(C)C. The second-order valence-electron chi connectivity index (χ2n) is 7.77. The van der Waals surface area contributed by atoms with E-state index >= 15 is 0 Å². The molecule has 3 heteroatoms. The molecule has 0 fully saturated rings. The molecule has 0 bridgehead atoms. The smallest absolute Gasteiger partial charge is 0.344 e. The Balaban J connectivity index is 0.00000254. The molecule has 0 N–H and O–H groups in total. The van der Waals surface area contributed by atoms with E-state index in [1.54, 1.807) is 0 Å². The van der Waals surface area contributed by atoms with Crippen LogP contribution in [0, 0.1) is 5.41 Å². The lowest BCUT2D eigenvalue weighted by Crippen LogP contribution is -2.27. The standard InChI is InChI=1S/C19H30O3.C2H6/c1-8-16(18(2,3)4)14-9-11-15(12-10-14)21-13-17(20)22-19(5,6)7;1-2/h9-12,16H,8,13H2,1-7H3;1-2H3. The topological polar surface area (TPSA) is 35.5 Å². The van der Waals surface area contributed by atoms with E-state index in [1.165, 1.54) is 5.56 Å². The fourth-order valence-corrected chi connectivity index (χ4v) is 2.66. The lowest BCUT2D eigenvalue weighted by molar-refractivity contribution is -0.157. The molecule has 24 heavy (non-hydrogen) atoms. The van der Waals surface area contributed by atoms with E-state index in [9.17, 15) is 4.79 Å². The molecule has 1 atom stereocenters. The van der Waals surface area contributed by atoms with E-state index in [2.05, 4.69) is 39.8 Å². The van der Waals surface area contributed by atoms with Crippen molar-refractivity contribution in [3.8, 4) is 5.75 Å². The predicted molar refractivity (Wildman–Crippen MR) is 102 cm³/mol. The van der Waals surface area contributed by atoms with Crippen molar-refractivity contribution in [2.45, 2.75) is 80.3 Å². The number of hydrogen-bond acceptors (Lipinski definition) is 3. The first-order chi connectivity index (χ1) is 11.0. The number of hydrogen-bond donors (Lipinski definition) is 0. The first-order valence-electron chi connectivity index (χ1n) is 8.97. The first kappa shape index (κ1) is 22.5. The Morgan fingerprint density at radius 3 is 1.88 bits per heavy atom. The second-order valence-corrected chi connectivity index (χ2v) is 7.77. The van der Waals surface area contributed by atoms with Gasteiger partial charge in [-0.3, -0.25) is 0 Å². The van der Waals surface area contributed by atoms with Crippen molar-refractivity contribution >= 4 is 5.97 Å². The lowest BCUT2D eigenvalue weighted by atomic mass is 9.75. The molecular formula is C21H36O3. The van der Waals surface area contributed by atoms with Crippen LogP contribution in [0.3, 0.4) is 0 Å². The van der Waals surface area contributed by atoms with Gasteiger partial charge in [0.1, 0.15) is 11.4 Å². The Morgan fingerprint density at radius 1 is 1.00 bits per heavy atom. The molecule has 0 spiro atoms. The van der Waals surface area contributed by atoms with E-state index in [0.29, 0.717) is 11.7 Å². The number of esters is 1. The summed E-state index contributed by atoms with van der Waals surface area (Å²) in [6.07, 6.45) is 1.10. The second kappa shape index (κ2) is 9.71. The van der Waals surface area contributed by atoms with Crippen LogP contribution in [-0.2, 0) is 9.53 Å². The third-order valence-electron chi connectivity index (χ3n) is 3.51. The Morgan fingerprint density at radius 2 is 1.50 bits per heavy atom. The average molecular weight is 337 g/mol. The average Bonchev–Trinajstić information content (AvgIpc) is 2.46. The largest absolute Gasteiger partial charge is 0.482 e. The third-order valence-corrected chi connectivity index (χ3v) is 3.51. The predicted octanol–water partition coefficient (Wildman–Crippen LogP) is 5.97. The van der Waals surface area contributed by atoms with E-state index in [0.717, 1.165) is 6.42 Å². The molecule has 1 unspecified atom stereocenters. The summed E-state index contributed by atoms with van der Waals surface area (Å²) >= 11 is 0. The first-order valence-corrected chi connectivity index (χ1v) is 8.97. The van der Waals surface area contributed by atoms with Crippen LogP contribution in [0.5, 0.6) is 5.75 Å². The Labute approximate surface area is 148 Å². The van der Waals surface area contributed by atoms with Crippen LogP contribution in [-0.4, -0.2) is 18.2 Å². The van der Waals surface area contributed by atoms with Crippen molar-refractivity contribution < 1.29 is 14.3 Å². The summed E-state index contributed by atoms with van der Waals surface area (Å²) in [7, 11) is 0. The zero-order valence-corrected chi connectivity index (χ0v) is 17.0. The van der Waals surface area contributed by atoms with Gasteiger partial charge in [0.05, 0.1) is 0 Å². The van der Waals surface area contributed by atoms with Gasteiger partial charge in [0.15, 0.2) is 6.61 Å². The fraction of sp³-hybridized carbons (Fsp3) is 0.667. The molecule has 0 aromatic heterocycles. The van der Waals surface area contributed by atoms with E-state index < -0.39 is 5.60 Å². The molecular weight excluding hydrogens is 300 g/mol. The van der Waals surface area contributed by atoms with Crippen LogP contribution in [0.2, 0.25) is 0 Å². The van der Waals surface area contributed by atoms with Gasteiger partial charge in [-0.1, -0.05) is 53.7 Å². The molecule has 0 radical (unpaired) electrons. The molecule has 0 saturated heterocycles. The summed E-state index contributed by atoms with van der Waals surface area (Å²) < 4.78 is 10.7. The minimum Gasteiger partial charge on any atom is -0.482 e. The highest BCUT2D eigenvalue weighted by atomic mass is 16.6. The monoisotopic (exact) mass is 336 g/mol. The summed E-state index contributed by atoms with van der Waals surface area (Å²) in [5, 5.41) is 0. The van der Waals surface area contributed by atoms with E-state index in [-0.39, 0.29) is 18.0 Å². The van der Waals surface area contributed by atoms with Crippen molar-refractivity contribution in [2.75, 3.05) is 6.61 Å². The van der Waals surface area contributed by atoms with Crippen LogP contribution < -0.4 is 4.74 Å². The van der Waals surface area contributed by atoms with Gasteiger partial charge >= 0.3 is 5.97 Å². The molecule has 3 nitrogen and oxygen atoms in total. The molecule has 0 aliphatic heterocycles. The maximum Gasteiger partial charge on any atom is 0.344 e. The maximum atomic E-state index is 11.6. The Bertz CT molecular complexity index is 475. The highest BCUT2D eigenvalue weighted by molar-refractivity contribution is 5.71. The minimum absolute atomic E-state index is 0.0624. The molecule has 0 aliphatic rings. The van der Waals surface area contributed by atoms with Crippen LogP contribution in [0.1, 0.15) is 80.2 Å². The molecule has 138 valence electrons. The highest BCUT2D eigenvalue weighted by Crippen LogP contribution is 2.37. The number of ether oxygens (including phenoxy) is 2. The van der Waals surface area contributed by atoms with Gasteiger partial charge in [0.2, 0.25) is 0 Å². The molecule has 0 amide bonds. The number of carbonyl (C=O) groups is 1. The molecule has 0 heterocycles. The molecule has 1 aromatic carbocycles. The van der Waals surface area contributed by atoms with Gasteiger partial charge in [0.25, 0.3) is 0 Å². The number of benzene rings is 1. The Hall–Kier alpha value is -1.51. The zero-order chi connectivity index (χ0) is 19.0. The van der Waals surface area contributed by atoms with Crippen LogP contribution in [0.4, 0.5) is 0 Å². The maximum absolute atomic E-state index is 11.6. The highest BCUT2D eigenvalue weighted by Gasteiger charge is 2.24. The van der Waals surface area contributed by atoms with Crippen LogP contribution >= 0.6 is 0 Å². The summed E-state index contributed by atoms with van der Waals surface area (Å²) in [5.74, 6) is 0.850. The lowest BCUT2D eigenvalue weighted by Gasteiger charge is -2.30. The molecule has 1 aromatic rings. The minimum atomic E-state index is -0.481. The van der Waals surface area contributed by atoms with E-state index in [1.807, 2.05) is 46.8 Å². The summed E-state index contributed by atoms with van der Waals surface area (Å²) in [6.45, 7) is 18.5. The van der Waals surface area contributed by atoms with Crippen molar-refractivity contribution in [1.82, 2.24) is 0 Å². The van der Waals surface area contributed by atoms with Gasteiger partial charge in [-0.2, -0.15) is 0 Å². The quantitative estimate of drug-likeness (QED) is 0.621. The van der Waals surface area contributed by atoms with Crippen molar-refractivity contribution in [3.05, 3.63) is 29.8 Å². The third kappa shape index (κ3) is 8.37. The molecule has 1 rings (SSSR count). The van der Waals surface area contributed by atoms with Gasteiger partial charge in [-0.25, -0.2) is 4.79 Å². The summed E-state index contributed by atoms with van der Waals surface area (Å²) in [4.78, 5) is 11.6. The fourth-order valence-electron chi connectivity index (χ4n) is 2.66. The van der Waals surface area contributed by atoms with Gasteiger partial charge in [0, 0.05) is 0 Å². The molecule has 0 aliphatic carbocycles. The van der Waals surface area contributed by atoms with Gasteiger partial charge < -0.3 is 9.47 Å². The van der Waals surface area contributed by atoms with Gasteiger partial charge in [-0.15, -0.1) is 0 Å². The normalized spacial score (nSPS) is 12.7.